The molecule has 3 heterocycles. The zero-order chi connectivity index (χ0) is 26.9. The van der Waals surface area contributed by atoms with Crippen LogP contribution < -0.4 is 0 Å². The van der Waals surface area contributed by atoms with Crippen LogP contribution in [0.4, 0.5) is 0 Å². The molecule has 0 radical (unpaired) electrons. The van der Waals surface area contributed by atoms with Gasteiger partial charge in [-0.1, -0.05) is 91.0 Å². The van der Waals surface area contributed by atoms with Crippen LogP contribution in [0.25, 0.3) is 77.3 Å². The summed E-state index contributed by atoms with van der Waals surface area (Å²) in [5, 5.41) is 4.73. The number of nitrogens with zero attached hydrogens (tertiary/aromatic N) is 2. The van der Waals surface area contributed by atoms with Crippen LogP contribution in [0, 0.1) is 0 Å². The van der Waals surface area contributed by atoms with Gasteiger partial charge in [-0.3, -0.25) is 0 Å². The Balaban J connectivity index is 1.39. The van der Waals surface area contributed by atoms with Gasteiger partial charge in [-0.15, -0.1) is 0 Å². The smallest absolute Gasteiger partial charge is 0.161 e. The van der Waals surface area contributed by atoms with Crippen molar-refractivity contribution in [1.82, 2.24) is 9.13 Å². The Hall–Kier alpha value is -5.54. The van der Waals surface area contributed by atoms with E-state index in [2.05, 4.69) is 155 Å². The summed E-state index contributed by atoms with van der Waals surface area (Å²) >= 11 is 0. The highest BCUT2D eigenvalue weighted by Gasteiger charge is 2.21. The maximum absolute atomic E-state index is 6.56. The number of aromatic nitrogens is 2. The second-order valence-electron chi connectivity index (χ2n) is 10.6. The standard InChI is InChI=1S/C38H24N2O/c1-3-12-26(13-4-1)39-33-20-9-7-16-29(33)30-19-11-18-28(36(30)39)25-22-23-35-32(24-25)37-38(41-35)31-17-8-10-21-34(31)40(37)27-14-5-2-6-15-27/h1-24H. The lowest BCUT2D eigenvalue weighted by Crippen LogP contribution is -1.95. The molecular weight excluding hydrogens is 500 g/mol. The molecule has 6 aromatic carbocycles. The molecule has 0 saturated carbocycles. The van der Waals surface area contributed by atoms with Crippen LogP contribution in [0.2, 0.25) is 0 Å². The third kappa shape index (κ3) is 3.14. The highest BCUT2D eigenvalue weighted by Crippen LogP contribution is 2.42. The molecule has 0 amide bonds. The van der Waals surface area contributed by atoms with E-state index in [1.54, 1.807) is 0 Å². The van der Waals surface area contributed by atoms with Gasteiger partial charge >= 0.3 is 0 Å². The molecule has 0 aliphatic carbocycles. The molecule has 9 rings (SSSR count). The number of hydrogen-bond donors (Lipinski definition) is 0. The summed E-state index contributed by atoms with van der Waals surface area (Å²) in [6.07, 6.45) is 0. The second-order valence-corrected chi connectivity index (χ2v) is 10.6. The fourth-order valence-electron chi connectivity index (χ4n) is 6.58. The van der Waals surface area contributed by atoms with E-state index < -0.39 is 0 Å². The van der Waals surface area contributed by atoms with E-state index in [9.17, 15) is 0 Å². The summed E-state index contributed by atoms with van der Waals surface area (Å²) < 4.78 is 11.3. The van der Waals surface area contributed by atoms with Gasteiger partial charge in [-0.05, 0) is 60.2 Å². The van der Waals surface area contributed by atoms with Crippen LogP contribution in [0.5, 0.6) is 0 Å². The average molecular weight is 525 g/mol. The zero-order valence-corrected chi connectivity index (χ0v) is 22.2. The van der Waals surface area contributed by atoms with Crippen molar-refractivity contribution in [3.05, 3.63) is 146 Å². The van der Waals surface area contributed by atoms with Crippen molar-refractivity contribution < 1.29 is 4.42 Å². The first-order chi connectivity index (χ1) is 20.4. The lowest BCUT2D eigenvalue weighted by atomic mass is 10.0. The minimum Gasteiger partial charge on any atom is -0.454 e. The van der Waals surface area contributed by atoms with Crippen LogP contribution >= 0.6 is 0 Å². The number of rotatable bonds is 3. The first kappa shape index (κ1) is 22.3. The summed E-state index contributed by atoms with van der Waals surface area (Å²) in [4.78, 5) is 0. The molecule has 0 spiro atoms. The lowest BCUT2D eigenvalue weighted by molar-refractivity contribution is 0.673. The largest absolute Gasteiger partial charge is 0.454 e. The van der Waals surface area contributed by atoms with Gasteiger partial charge in [0.25, 0.3) is 0 Å². The van der Waals surface area contributed by atoms with Crippen molar-refractivity contribution in [3.63, 3.8) is 0 Å². The van der Waals surface area contributed by atoms with Gasteiger partial charge in [-0.2, -0.15) is 0 Å². The van der Waals surface area contributed by atoms with Crippen LogP contribution in [-0.2, 0) is 0 Å². The van der Waals surface area contributed by atoms with Crippen molar-refractivity contribution in [2.24, 2.45) is 0 Å². The fourth-order valence-corrected chi connectivity index (χ4v) is 6.58. The monoisotopic (exact) mass is 524 g/mol. The van der Waals surface area contributed by atoms with E-state index in [-0.39, 0.29) is 0 Å². The van der Waals surface area contributed by atoms with E-state index in [0.29, 0.717) is 0 Å². The number of hydrogen-bond acceptors (Lipinski definition) is 1. The summed E-state index contributed by atoms with van der Waals surface area (Å²) in [5.41, 5.74) is 11.1. The molecule has 41 heavy (non-hydrogen) atoms. The van der Waals surface area contributed by atoms with Gasteiger partial charge < -0.3 is 13.6 Å². The SMILES string of the molecule is c1ccc(-n2c3ccccc3c3cccc(-c4ccc5oc6c7ccccc7n(-c7ccccc7)c6c5c4)c32)cc1. The van der Waals surface area contributed by atoms with E-state index in [1.165, 1.54) is 27.4 Å². The Kier molecular flexibility index (Phi) is 4.61. The Bertz CT molecular complexity index is 2410. The molecule has 0 fully saturated rings. The first-order valence-corrected chi connectivity index (χ1v) is 14.0. The average Bonchev–Trinajstić information content (AvgIpc) is 3.69. The van der Waals surface area contributed by atoms with Gasteiger partial charge in [0.05, 0.1) is 16.6 Å². The van der Waals surface area contributed by atoms with Crippen molar-refractivity contribution in [3.8, 4) is 22.5 Å². The molecule has 0 bridgehead atoms. The van der Waals surface area contributed by atoms with Crippen LogP contribution in [0.1, 0.15) is 0 Å². The molecule has 192 valence electrons. The lowest BCUT2D eigenvalue weighted by Gasteiger charge is -2.12. The van der Waals surface area contributed by atoms with Crippen molar-refractivity contribution in [2.45, 2.75) is 0 Å². The highest BCUT2D eigenvalue weighted by molar-refractivity contribution is 6.18. The summed E-state index contributed by atoms with van der Waals surface area (Å²) in [6.45, 7) is 0. The molecule has 0 aliphatic heterocycles. The number of fused-ring (bicyclic) bond motifs is 8. The molecule has 0 atom stereocenters. The van der Waals surface area contributed by atoms with E-state index in [4.69, 9.17) is 4.42 Å². The molecule has 3 heteroatoms. The van der Waals surface area contributed by atoms with Gasteiger partial charge in [0.2, 0.25) is 0 Å². The van der Waals surface area contributed by atoms with E-state index in [0.717, 1.165) is 49.9 Å². The molecule has 9 aromatic rings. The number of para-hydroxylation sites is 5. The zero-order valence-electron chi connectivity index (χ0n) is 22.2. The van der Waals surface area contributed by atoms with Crippen LogP contribution in [0.15, 0.2) is 150 Å². The molecule has 0 aliphatic rings. The molecule has 0 saturated heterocycles. The maximum atomic E-state index is 6.56. The van der Waals surface area contributed by atoms with E-state index >= 15 is 0 Å². The summed E-state index contributed by atoms with van der Waals surface area (Å²) in [7, 11) is 0. The van der Waals surface area contributed by atoms with Crippen LogP contribution in [-0.4, -0.2) is 9.13 Å². The first-order valence-electron chi connectivity index (χ1n) is 14.0. The molecular formula is C38H24N2O. The Morgan fingerprint density at radius 2 is 1.00 bits per heavy atom. The maximum Gasteiger partial charge on any atom is 0.161 e. The summed E-state index contributed by atoms with van der Waals surface area (Å²) in [6, 6.07) is 51.7. The number of furan rings is 1. The second kappa shape index (κ2) is 8.48. The van der Waals surface area contributed by atoms with Gasteiger partial charge in [-0.25, -0.2) is 0 Å². The summed E-state index contributed by atoms with van der Waals surface area (Å²) in [5.74, 6) is 0. The molecule has 0 N–H and O–H groups in total. The molecule has 3 aromatic heterocycles. The quantitative estimate of drug-likeness (QED) is 0.225. The fraction of sp³-hybridized carbons (Fsp3) is 0. The third-order valence-electron chi connectivity index (χ3n) is 8.31. The predicted molar refractivity (Wildman–Crippen MR) is 170 cm³/mol. The highest BCUT2D eigenvalue weighted by atomic mass is 16.3. The molecule has 3 nitrogen and oxygen atoms in total. The van der Waals surface area contributed by atoms with Gasteiger partial charge in [0.1, 0.15) is 11.1 Å². The Morgan fingerprint density at radius 3 is 1.73 bits per heavy atom. The van der Waals surface area contributed by atoms with Crippen molar-refractivity contribution in [1.29, 1.82) is 0 Å². The van der Waals surface area contributed by atoms with Crippen LogP contribution in [0.3, 0.4) is 0 Å². The molecule has 0 unspecified atom stereocenters. The Morgan fingerprint density at radius 1 is 0.415 bits per heavy atom. The Labute approximate surface area is 236 Å². The van der Waals surface area contributed by atoms with Gasteiger partial charge in [0, 0.05) is 38.5 Å². The van der Waals surface area contributed by atoms with Gasteiger partial charge in [0.15, 0.2) is 5.58 Å². The third-order valence-corrected chi connectivity index (χ3v) is 8.31. The predicted octanol–water partition coefficient (Wildman–Crippen LogP) is 10.3. The number of benzene rings is 6. The van der Waals surface area contributed by atoms with Crippen molar-refractivity contribution in [2.75, 3.05) is 0 Å². The van der Waals surface area contributed by atoms with Crippen molar-refractivity contribution >= 4 is 54.8 Å². The minimum atomic E-state index is 0.893. The minimum absolute atomic E-state index is 0.893. The van der Waals surface area contributed by atoms with E-state index in [1.807, 2.05) is 0 Å². The topological polar surface area (TPSA) is 23.0 Å². The normalized spacial score (nSPS) is 11.9.